The van der Waals surface area contributed by atoms with Crippen molar-refractivity contribution in [1.82, 2.24) is 29.9 Å². The molecule has 7 heterocycles. The standard InChI is InChI=1S/C43H51N7O5S3/c1-7-49-33-11-10-26-17-28(33)30(37(49)29-18-27(48-15-13-47(5)14-16-48)21-44-36(29)34(22-56)54-6)19-41(3,4)24-55-38(52)31-9-8-12-50(46-31)40(53)42(20-35-45-32(26)23-57-35)39-43(42,58-39)25(2)51/h10-11,17-18,21-23,31,34,39,46H,7-9,12-16,19-20,24H2,1-6H3/t31-,34-,39?,42+,43?/m0/s1. The molecule has 58 heavy (non-hydrogen) atoms. The molecule has 15 heteroatoms. The van der Waals surface area contributed by atoms with Gasteiger partial charge < -0.3 is 23.8 Å². The first-order chi connectivity index (χ1) is 27.8. The fraction of sp³-hybridized carbons (Fsp3) is 0.535. The summed E-state index contributed by atoms with van der Waals surface area (Å²) in [5, 5.41) is 7.11. The summed E-state index contributed by atoms with van der Waals surface area (Å²) in [6.45, 7) is 13.1. The summed E-state index contributed by atoms with van der Waals surface area (Å²) < 4.78 is 13.7. The topological polar surface area (TPSA) is 122 Å². The molecule has 9 rings (SSSR count). The van der Waals surface area contributed by atoms with Gasteiger partial charge in [-0.05, 0) is 63.9 Å². The molecule has 5 aliphatic rings. The van der Waals surface area contributed by atoms with Crippen LogP contribution < -0.4 is 10.3 Å². The second-order valence-electron chi connectivity index (χ2n) is 17.3. The predicted octanol–water partition coefficient (Wildman–Crippen LogP) is 5.89. The van der Waals surface area contributed by atoms with E-state index in [-0.39, 0.29) is 29.5 Å². The lowest BCUT2D eigenvalue weighted by atomic mass is 9.84. The van der Waals surface area contributed by atoms with Crippen LogP contribution in [-0.2, 0) is 43.2 Å². The van der Waals surface area contributed by atoms with Crippen LogP contribution in [0.15, 0.2) is 35.8 Å². The Morgan fingerprint density at radius 1 is 1.16 bits per heavy atom. The molecule has 6 bridgehead atoms. The Morgan fingerprint density at radius 3 is 2.64 bits per heavy atom. The van der Waals surface area contributed by atoms with Crippen LogP contribution in [0.1, 0.15) is 62.9 Å². The molecule has 306 valence electrons. The Bertz CT molecular complexity index is 2330. The molecule has 1 spiro atoms. The maximum atomic E-state index is 14.5. The van der Waals surface area contributed by atoms with Gasteiger partial charge in [0.1, 0.15) is 22.7 Å². The van der Waals surface area contributed by atoms with Crippen molar-refractivity contribution in [2.75, 3.05) is 58.4 Å². The number of nitrogens with one attached hydrogen (secondary N) is 1. The molecule has 1 amide bonds. The number of carbonyl (C=O) groups excluding carboxylic acids is 3. The number of rotatable bonds is 7. The number of pyridine rings is 1. The van der Waals surface area contributed by atoms with Crippen LogP contribution >= 0.6 is 35.3 Å². The van der Waals surface area contributed by atoms with Crippen LogP contribution in [0.5, 0.6) is 0 Å². The van der Waals surface area contributed by atoms with Crippen molar-refractivity contribution in [2.45, 2.75) is 82.1 Å². The number of thioether (sulfide) groups is 1. The van der Waals surface area contributed by atoms with Crippen LogP contribution in [0.2, 0.25) is 0 Å². The first-order valence-corrected chi connectivity index (χ1v) is 22.5. The van der Waals surface area contributed by atoms with Crippen molar-refractivity contribution < 1.29 is 23.9 Å². The van der Waals surface area contributed by atoms with Gasteiger partial charge >= 0.3 is 5.97 Å². The predicted molar refractivity (Wildman–Crippen MR) is 232 cm³/mol. The molecular weight excluding hydrogens is 791 g/mol. The van der Waals surface area contributed by atoms with Crippen LogP contribution in [0.4, 0.5) is 5.69 Å². The van der Waals surface area contributed by atoms with E-state index in [1.165, 1.54) is 11.3 Å². The Balaban J connectivity index is 1.21. The number of thiazole rings is 1. The third-order valence-electron chi connectivity index (χ3n) is 13.0. The number of Topliss-reactive ketones (excluding diaryl/α,β-unsaturated/α-hetero) is 1. The molecule has 5 atom stereocenters. The van der Waals surface area contributed by atoms with Crippen LogP contribution in [0, 0.1) is 10.8 Å². The van der Waals surface area contributed by atoms with E-state index in [2.05, 4.69) is 77.3 Å². The number of amides is 1. The van der Waals surface area contributed by atoms with E-state index in [1.807, 2.05) is 6.20 Å². The molecule has 4 aromatic rings. The Labute approximate surface area is 353 Å². The minimum Gasteiger partial charge on any atom is -0.464 e. The van der Waals surface area contributed by atoms with Gasteiger partial charge in [-0.15, -0.1) is 23.1 Å². The third kappa shape index (κ3) is 6.34. The zero-order valence-electron chi connectivity index (χ0n) is 34.0. The largest absolute Gasteiger partial charge is 0.464 e. The van der Waals surface area contributed by atoms with Crippen molar-refractivity contribution in [1.29, 1.82) is 0 Å². The van der Waals surface area contributed by atoms with E-state index in [0.29, 0.717) is 38.8 Å². The van der Waals surface area contributed by atoms with Crippen molar-refractivity contribution in [3.63, 3.8) is 0 Å². The molecule has 4 fully saturated rings. The second-order valence-corrected chi connectivity index (χ2v) is 19.9. The van der Waals surface area contributed by atoms with Gasteiger partial charge in [-0.1, -0.05) is 32.1 Å². The number of hydrogen-bond acceptors (Lipinski definition) is 13. The van der Waals surface area contributed by atoms with Crippen molar-refractivity contribution in [3.8, 4) is 22.5 Å². The zero-order chi connectivity index (χ0) is 40.7. The highest BCUT2D eigenvalue weighted by molar-refractivity contribution is 8.12. The lowest BCUT2D eigenvalue weighted by Gasteiger charge is -2.37. The van der Waals surface area contributed by atoms with E-state index in [1.54, 1.807) is 36.2 Å². The highest BCUT2D eigenvalue weighted by Gasteiger charge is 2.96. The number of aryl methyl sites for hydroxylation is 1. The van der Waals surface area contributed by atoms with Crippen LogP contribution in [0.25, 0.3) is 33.4 Å². The third-order valence-corrected chi connectivity index (χ3v) is 16.1. The highest BCUT2D eigenvalue weighted by Crippen LogP contribution is 2.87. The van der Waals surface area contributed by atoms with Gasteiger partial charge in [0.15, 0.2) is 0 Å². The summed E-state index contributed by atoms with van der Waals surface area (Å²) in [7, 11) is 3.82. The number of esters is 1. The number of ketones is 1. The van der Waals surface area contributed by atoms with Gasteiger partial charge in [-0.2, -0.15) is 0 Å². The van der Waals surface area contributed by atoms with E-state index < -0.39 is 27.7 Å². The van der Waals surface area contributed by atoms with Gasteiger partial charge in [-0.25, -0.2) is 10.4 Å². The summed E-state index contributed by atoms with van der Waals surface area (Å²) in [4.78, 5) is 56.4. The minimum atomic E-state index is -0.887. The number of benzene rings is 1. The zero-order valence-corrected chi connectivity index (χ0v) is 36.5. The lowest BCUT2D eigenvalue weighted by Crippen LogP contribution is -2.59. The summed E-state index contributed by atoms with van der Waals surface area (Å²) >= 11 is 8.64. The number of anilines is 1. The fourth-order valence-corrected chi connectivity index (χ4v) is 12.6. The first-order valence-electron chi connectivity index (χ1n) is 20.3. The highest BCUT2D eigenvalue weighted by atomic mass is 32.2. The molecule has 1 saturated carbocycles. The number of hydrogen-bond donors (Lipinski definition) is 1. The van der Waals surface area contributed by atoms with Gasteiger partial charge in [0, 0.05) is 96.2 Å². The van der Waals surface area contributed by atoms with Crippen molar-refractivity contribution in [2.24, 2.45) is 10.8 Å². The lowest BCUT2D eigenvalue weighted by molar-refractivity contribution is -0.156. The Morgan fingerprint density at radius 2 is 1.95 bits per heavy atom. The molecule has 0 radical (unpaired) electrons. The molecule has 2 unspecified atom stereocenters. The summed E-state index contributed by atoms with van der Waals surface area (Å²) in [6.07, 6.45) is 3.62. The molecule has 12 nitrogen and oxygen atoms in total. The van der Waals surface area contributed by atoms with Gasteiger partial charge in [0.2, 0.25) is 5.91 Å². The number of cyclic esters (lactones) is 1. The van der Waals surface area contributed by atoms with Crippen LogP contribution in [0.3, 0.4) is 0 Å². The number of piperazine rings is 1. The minimum absolute atomic E-state index is 0.0223. The second kappa shape index (κ2) is 14.8. The number of methoxy groups -OCH3 is 1. The molecular formula is C43H51N7O5S3. The number of hydrazine groups is 1. The Hall–Kier alpha value is -3.73. The Kier molecular flexibility index (Phi) is 10.1. The number of nitrogens with zero attached hydrogens (tertiary/aromatic N) is 6. The van der Waals surface area contributed by atoms with Crippen LogP contribution in [-0.4, -0.2) is 117 Å². The average molecular weight is 842 g/mol. The van der Waals surface area contributed by atoms with E-state index in [0.717, 1.165) is 81.5 Å². The number of likely N-dealkylation sites (N-methyl/N-ethyl adjacent to an activating group) is 1. The van der Waals surface area contributed by atoms with Crippen molar-refractivity contribution >= 4 is 74.9 Å². The quantitative estimate of drug-likeness (QED) is 0.136. The molecule has 3 saturated heterocycles. The van der Waals surface area contributed by atoms with E-state index >= 15 is 0 Å². The average Bonchev–Trinajstić information content (AvgIpc) is 4.00. The van der Waals surface area contributed by atoms with E-state index in [9.17, 15) is 14.4 Å². The number of fused-ring (bicyclic) bond motifs is 9. The normalized spacial score (nSPS) is 27.6. The molecule has 1 aromatic carbocycles. The van der Waals surface area contributed by atoms with Gasteiger partial charge in [0.25, 0.3) is 0 Å². The number of carbonyl (C=O) groups is 3. The molecule has 4 aliphatic heterocycles. The summed E-state index contributed by atoms with van der Waals surface area (Å²) in [5.41, 5.74) is 9.69. The van der Waals surface area contributed by atoms with E-state index in [4.69, 9.17) is 31.7 Å². The summed E-state index contributed by atoms with van der Waals surface area (Å²) in [5.74, 6) is -0.485. The number of thiocarbonyl (C=S) groups is 1. The van der Waals surface area contributed by atoms with Gasteiger partial charge in [0.05, 0.1) is 46.0 Å². The SMILES string of the molecule is CCn1c(-c2cc(N3CCN(C)CC3)cnc2[C@H](C=S)OC)c2c3cc(ccc31)-c1csc(n1)C[C@]1(C(=O)N3CCC[C@H](N3)C(=O)OCC(C)(C)C2)C2SC21C(C)=O. The number of ether oxygens (including phenoxy) is 2. The molecule has 1 aliphatic carbocycles. The number of aromatic nitrogens is 3. The fourth-order valence-electron chi connectivity index (χ4n) is 9.67. The monoisotopic (exact) mass is 841 g/mol. The first kappa shape index (κ1) is 39.7. The maximum Gasteiger partial charge on any atom is 0.324 e. The molecule has 1 N–H and O–H groups in total. The smallest absolute Gasteiger partial charge is 0.324 e. The summed E-state index contributed by atoms with van der Waals surface area (Å²) in [6, 6.07) is 8.13. The maximum absolute atomic E-state index is 14.5. The molecule has 3 aromatic heterocycles. The van der Waals surface area contributed by atoms with Crippen molar-refractivity contribution in [3.05, 3.63) is 52.1 Å². The van der Waals surface area contributed by atoms with Gasteiger partial charge in [-0.3, -0.25) is 24.4 Å².